The molecule has 0 radical (unpaired) electrons. The van der Waals surface area contributed by atoms with Gasteiger partial charge in [0.25, 0.3) is 0 Å². The molecule has 1 aromatic heterocycles. The van der Waals surface area contributed by atoms with Gasteiger partial charge in [0.15, 0.2) is 12.0 Å². The minimum absolute atomic E-state index is 0.701. The lowest BCUT2D eigenvalue weighted by Gasteiger charge is -2.08. The first-order chi connectivity index (χ1) is 6.95. The van der Waals surface area contributed by atoms with E-state index in [-0.39, 0.29) is 0 Å². The van der Waals surface area contributed by atoms with Crippen molar-refractivity contribution in [1.29, 1.82) is 0 Å². The largest absolute Gasteiger partial charge is 0.443 e. The molecule has 3 rings (SSSR count). The summed E-state index contributed by atoms with van der Waals surface area (Å²) in [4.78, 5) is 4.18. The van der Waals surface area contributed by atoms with Crippen LogP contribution in [-0.4, -0.2) is 4.98 Å². The molecular weight excluding hydrogens is 174 g/mol. The van der Waals surface area contributed by atoms with Gasteiger partial charge in [-0.05, 0) is 24.8 Å². The van der Waals surface area contributed by atoms with E-state index < -0.39 is 0 Å². The van der Waals surface area contributed by atoms with E-state index in [2.05, 4.69) is 17.1 Å². The van der Waals surface area contributed by atoms with Crippen molar-refractivity contribution in [2.75, 3.05) is 0 Å². The maximum Gasteiger partial charge on any atom is 0.181 e. The molecule has 1 fully saturated rings. The van der Waals surface area contributed by atoms with Crippen LogP contribution in [0.25, 0.3) is 11.1 Å². The van der Waals surface area contributed by atoms with Crippen molar-refractivity contribution in [3.63, 3.8) is 0 Å². The Balaban J connectivity index is 2.14. The third-order valence-corrected chi connectivity index (χ3v) is 3.18. The van der Waals surface area contributed by atoms with Gasteiger partial charge < -0.3 is 4.42 Å². The summed E-state index contributed by atoms with van der Waals surface area (Å²) in [5.41, 5.74) is 3.35. The van der Waals surface area contributed by atoms with Crippen molar-refractivity contribution in [3.8, 4) is 0 Å². The van der Waals surface area contributed by atoms with Gasteiger partial charge >= 0.3 is 0 Å². The van der Waals surface area contributed by atoms with Crippen molar-refractivity contribution in [2.45, 2.75) is 31.6 Å². The fourth-order valence-corrected chi connectivity index (χ4v) is 2.47. The van der Waals surface area contributed by atoms with Gasteiger partial charge in [0.2, 0.25) is 0 Å². The Bertz CT molecular complexity index is 440. The van der Waals surface area contributed by atoms with Gasteiger partial charge in [-0.2, -0.15) is 0 Å². The average Bonchev–Trinajstić information content (AvgIpc) is 2.88. The second kappa shape index (κ2) is 3.12. The fourth-order valence-electron chi connectivity index (χ4n) is 2.47. The summed E-state index contributed by atoms with van der Waals surface area (Å²) in [5.74, 6) is 0.701. The van der Waals surface area contributed by atoms with Crippen molar-refractivity contribution in [1.82, 2.24) is 4.98 Å². The van der Waals surface area contributed by atoms with E-state index in [0.717, 1.165) is 11.1 Å². The van der Waals surface area contributed by atoms with Crippen LogP contribution >= 0.6 is 0 Å². The molecule has 1 aliphatic rings. The Morgan fingerprint density at radius 3 is 2.93 bits per heavy atom. The third-order valence-electron chi connectivity index (χ3n) is 3.18. The molecule has 1 heterocycles. The van der Waals surface area contributed by atoms with Crippen molar-refractivity contribution in [2.24, 2.45) is 0 Å². The smallest absolute Gasteiger partial charge is 0.181 e. The molecule has 2 heteroatoms. The van der Waals surface area contributed by atoms with Crippen molar-refractivity contribution >= 4 is 11.1 Å². The van der Waals surface area contributed by atoms with Crippen LogP contribution in [0.15, 0.2) is 29.0 Å². The minimum atomic E-state index is 0.701. The van der Waals surface area contributed by atoms with Crippen LogP contribution in [0, 0.1) is 0 Å². The summed E-state index contributed by atoms with van der Waals surface area (Å²) >= 11 is 0. The molecule has 1 saturated carbocycles. The predicted octanol–water partition coefficient (Wildman–Crippen LogP) is 3.49. The Morgan fingerprint density at radius 1 is 1.21 bits per heavy atom. The molecule has 0 saturated heterocycles. The first kappa shape index (κ1) is 8.04. The topological polar surface area (TPSA) is 26.0 Å². The Hall–Kier alpha value is -1.31. The molecule has 0 amide bonds. The number of oxazole rings is 1. The minimum Gasteiger partial charge on any atom is -0.443 e. The van der Waals surface area contributed by atoms with E-state index in [0.29, 0.717) is 5.92 Å². The van der Waals surface area contributed by atoms with Gasteiger partial charge in [0.05, 0.1) is 0 Å². The summed E-state index contributed by atoms with van der Waals surface area (Å²) in [6.45, 7) is 0. The van der Waals surface area contributed by atoms with Crippen molar-refractivity contribution in [3.05, 3.63) is 30.2 Å². The molecular formula is C12H13NO. The monoisotopic (exact) mass is 187 g/mol. The molecule has 0 bridgehead atoms. The van der Waals surface area contributed by atoms with Gasteiger partial charge in [0.1, 0.15) is 5.52 Å². The molecule has 0 unspecified atom stereocenters. The summed E-state index contributed by atoms with van der Waals surface area (Å²) in [6.07, 6.45) is 6.87. The highest BCUT2D eigenvalue weighted by Crippen LogP contribution is 2.37. The SMILES string of the molecule is c1cc(C2CCCC2)c2ocnc2c1. The summed E-state index contributed by atoms with van der Waals surface area (Å²) in [7, 11) is 0. The maximum atomic E-state index is 5.45. The third kappa shape index (κ3) is 1.14. The Morgan fingerprint density at radius 2 is 2.07 bits per heavy atom. The van der Waals surface area contributed by atoms with Gasteiger partial charge in [-0.15, -0.1) is 0 Å². The first-order valence-electron chi connectivity index (χ1n) is 5.27. The lowest BCUT2D eigenvalue weighted by atomic mass is 9.97. The van der Waals surface area contributed by atoms with Crippen molar-refractivity contribution < 1.29 is 4.42 Å². The highest BCUT2D eigenvalue weighted by atomic mass is 16.3. The number of hydrogen-bond acceptors (Lipinski definition) is 2. The predicted molar refractivity (Wildman–Crippen MR) is 55.2 cm³/mol. The van der Waals surface area contributed by atoms with Crippen LogP contribution in [0.4, 0.5) is 0 Å². The first-order valence-corrected chi connectivity index (χ1v) is 5.27. The summed E-state index contributed by atoms with van der Waals surface area (Å²) in [5, 5.41) is 0. The fraction of sp³-hybridized carbons (Fsp3) is 0.417. The lowest BCUT2D eigenvalue weighted by molar-refractivity contribution is 0.589. The quantitative estimate of drug-likeness (QED) is 0.683. The Labute approximate surface area is 82.9 Å². The molecule has 0 aliphatic heterocycles. The molecule has 2 aromatic rings. The van der Waals surface area contributed by atoms with Gasteiger partial charge in [-0.3, -0.25) is 0 Å². The molecule has 72 valence electrons. The van der Waals surface area contributed by atoms with Gasteiger partial charge in [0, 0.05) is 5.56 Å². The average molecular weight is 187 g/mol. The highest BCUT2D eigenvalue weighted by Gasteiger charge is 2.20. The lowest BCUT2D eigenvalue weighted by Crippen LogP contribution is -1.92. The molecule has 2 nitrogen and oxygen atoms in total. The van der Waals surface area contributed by atoms with E-state index in [1.54, 1.807) is 6.39 Å². The van der Waals surface area contributed by atoms with Crippen LogP contribution in [-0.2, 0) is 0 Å². The van der Waals surface area contributed by atoms with E-state index in [9.17, 15) is 0 Å². The number of fused-ring (bicyclic) bond motifs is 1. The van der Waals surface area contributed by atoms with E-state index >= 15 is 0 Å². The number of nitrogens with zero attached hydrogens (tertiary/aromatic N) is 1. The normalized spacial score (nSPS) is 18.0. The molecule has 0 atom stereocenters. The molecule has 1 aliphatic carbocycles. The van der Waals surface area contributed by atoms with Crippen LogP contribution in [0.1, 0.15) is 37.2 Å². The molecule has 0 N–H and O–H groups in total. The zero-order chi connectivity index (χ0) is 9.38. The molecule has 0 spiro atoms. The molecule has 14 heavy (non-hydrogen) atoms. The zero-order valence-electron chi connectivity index (χ0n) is 8.07. The number of aromatic nitrogens is 1. The van der Waals surface area contributed by atoms with Gasteiger partial charge in [-0.25, -0.2) is 4.98 Å². The Kier molecular flexibility index (Phi) is 1.79. The summed E-state index contributed by atoms with van der Waals surface area (Å²) in [6, 6.07) is 6.28. The number of para-hydroxylation sites is 1. The van der Waals surface area contributed by atoms with Gasteiger partial charge in [-0.1, -0.05) is 25.0 Å². The van der Waals surface area contributed by atoms with Crippen LogP contribution in [0.3, 0.4) is 0 Å². The van der Waals surface area contributed by atoms with E-state index in [4.69, 9.17) is 4.42 Å². The zero-order valence-corrected chi connectivity index (χ0v) is 8.07. The van der Waals surface area contributed by atoms with Crippen LogP contribution in [0.5, 0.6) is 0 Å². The molecule has 1 aromatic carbocycles. The van der Waals surface area contributed by atoms with Crippen LogP contribution in [0.2, 0.25) is 0 Å². The van der Waals surface area contributed by atoms with E-state index in [1.165, 1.54) is 31.2 Å². The standard InChI is InChI=1S/C12H13NO/c1-2-5-9(4-1)10-6-3-7-11-12(10)14-8-13-11/h3,6-9H,1-2,4-5H2. The number of benzene rings is 1. The second-order valence-corrected chi connectivity index (χ2v) is 4.03. The van der Waals surface area contributed by atoms with Crippen LogP contribution < -0.4 is 0 Å². The number of rotatable bonds is 1. The maximum absolute atomic E-state index is 5.45. The number of hydrogen-bond donors (Lipinski definition) is 0. The second-order valence-electron chi connectivity index (χ2n) is 4.03. The highest BCUT2D eigenvalue weighted by molar-refractivity contribution is 5.76. The summed E-state index contributed by atoms with van der Waals surface area (Å²) < 4.78 is 5.45. The van der Waals surface area contributed by atoms with E-state index in [1.807, 2.05) is 6.07 Å².